The molecule has 0 amide bonds. The first kappa shape index (κ1) is 12.2. The summed E-state index contributed by atoms with van der Waals surface area (Å²) in [6.07, 6.45) is 5.08. The van der Waals surface area contributed by atoms with Gasteiger partial charge in [0.25, 0.3) is 0 Å². The standard InChI is InChI=1S/C15H15BrOS/c16-13-8-15(18-10-13)9-17-14-6-5-11-3-1-2-4-12(11)7-14/h5-8,10H,1-4,9H2. The molecule has 0 aliphatic heterocycles. The molecule has 1 aromatic heterocycles. The lowest BCUT2D eigenvalue weighted by Gasteiger charge is -2.16. The van der Waals surface area contributed by atoms with Gasteiger partial charge in [-0.15, -0.1) is 11.3 Å². The first-order valence-electron chi connectivity index (χ1n) is 6.29. The van der Waals surface area contributed by atoms with Crippen LogP contribution in [0.25, 0.3) is 0 Å². The largest absolute Gasteiger partial charge is 0.488 e. The highest BCUT2D eigenvalue weighted by Crippen LogP contribution is 2.26. The number of rotatable bonds is 3. The number of thiophene rings is 1. The molecule has 1 nitrogen and oxygen atoms in total. The molecule has 1 aliphatic carbocycles. The van der Waals surface area contributed by atoms with Crippen molar-refractivity contribution in [2.24, 2.45) is 0 Å². The van der Waals surface area contributed by atoms with Crippen molar-refractivity contribution in [3.05, 3.63) is 50.1 Å². The van der Waals surface area contributed by atoms with E-state index in [1.165, 1.54) is 41.7 Å². The second-order valence-electron chi connectivity index (χ2n) is 4.66. The van der Waals surface area contributed by atoms with Crippen LogP contribution in [-0.2, 0) is 19.4 Å². The Morgan fingerprint density at radius 3 is 2.72 bits per heavy atom. The molecule has 2 aromatic rings. The second kappa shape index (κ2) is 5.45. The molecule has 1 aliphatic rings. The predicted octanol–water partition coefficient (Wildman–Crippen LogP) is 4.97. The van der Waals surface area contributed by atoms with Crippen LogP contribution >= 0.6 is 27.3 Å². The lowest BCUT2D eigenvalue weighted by Crippen LogP contribution is -2.03. The van der Waals surface area contributed by atoms with Crippen LogP contribution in [0.3, 0.4) is 0 Å². The molecular formula is C15H15BrOS. The van der Waals surface area contributed by atoms with E-state index in [1.54, 1.807) is 11.3 Å². The van der Waals surface area contributed by atoms with Gasteiger partial charge in [0.1, 0.15) is 12.4 Å². The molecule has 0 saturated heterocycles. The molecule has 0 radical (unpaired) electrons. The molecule has 0 N–H and O–H groups in total. The zero-order valence-corrected chi connectivity index (χ0v) is 12.5. The first-order valence-corrected chi connectivity index (χ1v) is 7.96. The summed E-state index contributed by atoms with van der Waals surface area (Å²) in [5, 5.41) is 2.09. The molecule has 3 heteroatoms. The average molecular weight is 323 g/mol. The number of benzene rings is 1. The van der Waals surface area contributed by atoms with Crippen LogP contribution in [0.15, 0.2) is 34.1 Å². The van der Waals surface area contributed by atoms with E-state index in [0.29, 0.717) is 6.61 Å². The Morgan fingerprint density at radius 2 is 1.94 bits per heavy atom. The Morgan fingerprint density at radius 1 is 1.11 bits per heavy atom. The maximum atomic E-state index is 5.86. The van der Waals surface area contributed by atoms with Crippen molar-refractivity contribution in [1.29, 1.82) is 0 Å². The van der Waals surface area contributed by atoms with Gasteiger partial charge in [-0.1, -0.05) is 6.07 Å². The lowest BCUT2D eigenvalue weighted by molar-refractivity contribution is 0.309. The van der Waals surface area contributed by atoms with E-state index in [-0.39, 0.29) is 0 Å². The van der Waals surface area contributed by atoms with Crippen LogP contribution in [0.5, 0.6) is 5.75 Å². The van der Waals surface area contributed by atoms with Crippen LogP contribution in [0.1, 0.15) is 28.8 Å². The molecule has 94 valence electrons. The Bertz CT molecular complexity index is 547. The minimum Gasteiger partial charge on any atom is -0.488 e. The third-order valence-corrected chi connectivity index (χ3v) is 4.99. The summed E-state index contributed by atoms with van der Waals surface area (Å²) >= 11 is 5.19. The molecule has 0 saturated carbocycles. The van der Waals surface area contributed by atoms with Crippen LogP contribution in [0.2, 0.25) is 0 Å². The average Bonchev–Trinajstić information content (AvgIpc) is 2.82. The fraction of sp³-hybridized carbons (Fsp3) is 0.333. The summed E-state index contributed by atoms with van der Waals surface area (Å²) in [5.41, 5.74) is 2.98. The van der Waals surface area contributed by atoms with E-state index in [4.69, 9.17) is 4.74 Å². The van der Waals surface area contributed by atoms with Crippen molar-refractivity contribution in [3.63, 3.8) is 0 Å². The SMILES string of the molecule is Brc1csc(COc2ccc3c(c2)CCCC3)c1. The minimum atomic E-state index is 0.662. The van der Waals surface area contributed by atoms with Crippen molar-refractivity contribution in [1.82, 2.24) is 0 Å². The number of ether oxygens (including phenoxy) is 1. The summed E-state index contributed by atoms with van der Waals surface area (Å²) < 4.78 is 7.00. The molecule has 0 fully saturated rings. The summed E-state index contributed by atoms with van der Waals surface area (Å²) in [6.45, 7) is 0.662. The van der Waals surface area contributed by atoms with E-state index in [2.05, 4.69) is 45.6 Å². The topological polar surface area (TPSA) is 9.23 Å². The van der Waals surface area contributed by atoms with Crippen LogP contribution in [-0.4, -0.2) is 0 Å². The summed E-state index contributed by atoms with van der Waals surface area (Å²) in [5.74, 6) is 1.00. The van der Waals surface area contributed by atoms with Crippen molar-refractivity contribution in [2.45, 2.75) is 32.3 Å². The minimum absolute atomic E-state index is 0.662. The van der Waals surface area contributed by atoms with Gasteiger partial charge in [-0.2, -0.15) is 0 Å². The molecule has 0 bridgehead atoms. The quantitative estimate of drug-likeness (QED) is 0.775. The molecule has 18 heavy (non-hydrogen) atoms. The summed E-state index contributed by atoms with van der Waals surface area (Å²) in [4.78, 5) is 1.25. The maximum absolute atomic E-state index is 5.86. The van der Waals surface area contributed by atoms with Gasteiger partial charge in [0.15, 0.2) is 0 Å². The normalized spacial score (nSPS) is 14.3. The first-order chi connectivity index (χ1) is 8.81. The van der Waals surface area contributed by atoms with Crippen LogP contribution in [0, 0.1) is 0 Å². The number of hydrogen-bond donors (Lipinski definition) is 0. The Labute approximate surface area is 120 Å². The number of aryl methyl sites for hydroxylation is 2. The lowest BCUT2D eigenvalue weighted by atomic mass is 9.92. The van der Waals surface area contributed by atoms with Gasteiger partial charge in [0, 0.05) is 14.7 Å². The van der Waals surface area contributed by atoms with Gasteiger partial charge in [-0.25, -0.2) is 0 Å². The Kier molecular flexibility index (Phi) is 3.71. The van der Waals surface area contributed by atoms with Crippen molar-refractivity contribution in [3.8, 4) is 5.75 Å². The monoisotopic (exact) mass is 322 g/mol. The van der Waals surface area contributed by atoms with Crippen molar-refractivity contribution in [2.75, 3.05) is 0 Å². The molecule has 0 atom stereocenters. The summed E-state index contributed by atoms with van der Waals surface area (Å²) in [7, 11) is 0. The Balaban J connectivity index is 1.69. The fourth-order valence-electron chi connectivity index (χ4n) is 2.38. The maximum Gasteiger partial charge on any atom is 0.122 e. The molecule has 0 spiro atoms. The highest BCUT2D eigenvalue weighted by atomic mass is 79.9. The van der Waals surface area contributed by atoms with E-state index < -0.39 is 0 Å². The van der Waals surface area contributed by atoms with E-state index in [1.807, 2.05) is 0 Å². The van der Waals surface area contributed by atoms with Gasteiger partial charge in [0.2, 0.25) is 0 Å². The van der Waals surface area contributed by atoms with Gasteiger partial charge in [-0.3, -0.25) is 0 Å². The number of fused-ring (bicyclic) bond motifs is 1. The number of hydrogen-bond acceptors (Lipinski definition) is 2. The molecule has 1 heterocycles. The third kappa shape index (κ3) is 2.78. The molecule has 1 aromatic carbocycles. The van der Waals surface area contributed by atoms with Gasteiger partial charge >= 0.3 is 0 Å². The van der Waals surface area contributed by atoms with E-state index in [0.717, 1.165) is 10.2 Å². The predicted molar refractivity (Wildman–Crippen MR) is 79.4 cm³/mol. The fourth-order valence-corrected chi connectivity index (χ4v) is 3.75. The highest BCUT2D eigenvalue weighted by molar-refractivity contribution is 9.10. The van der Waals surface area contributed by atoms with E-state index >= 15 is 0 Å². The molecular weight excluding hydrogens is 308 g/mol. The highest BCUT2D eigenvalue weighted by Gasteiger charge is 2.10. The van der Waals surface area contributed by atoms with Crippen LogP contribution in [0.4, 0.5) is 0 Å². The number of halogens is 1. The smallest absolute Gasteiger partial charge is 0.122 e. The van der Waals surface area contributed by atoms with Crippen molar-refractivity contribution >= 4 is 27.3 Å². The zero-order valence-electron chi connectivity index (χ0n) is 10.1. The van der Waals surface area contributed by atoms with Gasteiger partial charge in [-0.05, 0) is 70.9 Å². The van der Waals surface area contributed by atoms with Crippen LogP contribution < -0.4 is 4.74 Å². The van der Waals surface area contributed by atoms with Gasteiger partial charge < -0.3 is 4.74 Å². The summed E-state index contributed by atoms with van der Waals surface area (Å²) in [6, 6.07) is 8.67. The van der Waals surface area contributed by atoms with Gasteiger partial charge in [0.05, 0.1) is 0 Å². The third-order valence-electron chi connectivity index (χ3n) is 3.32. The zero-order chi connectivity index (χ0) is 12.4. The molecule has 3 rings (SSSR count). The Hall–Kier alpha value is -0.800. The second-order valence-corrected chi connectivity index (χ2v) is 6.57. The van der Waals surface area contributed by atoms with Crippen molar-refractivity contribution < 1.29 is 4.74 Å². The molecule has 0 unspecified atom stereocenters. The van der Waals surface area contributed by atoms with E-state index in [9.17, 15) is 0 Å².